The van der Waals surface area contributed by atoms with Gasteiger partial charge in [-0.1, -0.05) is 37.3 Å². The lowest BCUT2D eigenvalue weighted by atomic mass is 9.93. The van der Waals surface area contributed by atoms with E-state index < -0.39 is 0 Å². The predicted octanol–water partition coefficient (Wildman–Crippen LogP) is 3.93. The first-order valence-electron chi connectivity index (χ1n) is 7.80. The summed E-state index contributed by atoms with van der Waals surface area (Å²) in [6.45, 7) is 3.08. The minimum absolute atomic E-state index is 0.572. The molecule has 0 radical (unpaired) electrons. The van der Waals surface area contributed by atoms with Gasteiger partial charge in [0.1, 0.15) is 11.6 Å². The molecule has 110 valence electrons. The van der Waals surface area contributed by atoms with Crippen LogP contribution in [-0.4, -0.2) is 22.6 Å². The Balaban J connectivity index is 1.88. The third-order valence-electron chi connectivity index (χ3n) is 3.77. The molecule has 2 aromatic rings. The van der Waals surface area contributed by atoms with Crippen molar-refractivity contribution in [2.24, 2.45) is 0 Å². The molecule has 0 spiro atoms. The number of benzene rings is 1. The van der Waals surface area contributed by atoms with Gasteiger partial charge in [-0.15, -0.1) is 0 Å². The molecule has 1 aliphatic carbocycles. The van der Waals surface area contributed by atoms with Gasteiger partial charge in [0.2, 0.25) is 0 Å². The summed E-state index contributed by atoms with van der Waals surface area (Å²) < 4.78 is 0. The Hall–Kier alpha value is -2.10. The number of nitrogens with one attached hydrogen (secondary N) is 2. The summed E-state index contributed by atoms with van der Waals surface area (Å²) in [7, 11) is 0. The van der Waals surface area contributed by atoms with Crippen LogP contribution >= 0.6 is 0 Å². The molecule has 1 saturated carbocycles. The van der Waals surface area contributed by atoms with Crippen molar-refractivity contribution in [2.75, 3.05) is 17.2 Å². The van der Waals surface area contributed by atoms with Gasteiger partial charge in [-0.3, -0.25) is 0 Å². The molecular weight excluding hydrogens is 260 g/mol. The Morgan fingerprint density at radius 1 is 1.10 bits per heavy atom. The first kappa shape index (κ1) is 13.9. The summed E-state index contributed by atoms with van der Waals surface area (Å²) in [5.74, 6) is 2.60. The maximum atomic E-state index is 4.67. The lowest BCUT2D eigenvalue weighted by Crippen LogP contribution is -2.27. The van der Waals surface area contributed by atoms with E-state index in [1.165, 1.54) is 19.3 Å². The molecule has 1 aromatic carbocycles. The van der Waals surface area contributed by atoms with E-state index in [0.717, 1.165) is 36.0 Å². The fraction of sp³-hybridized carbons (Fsp3) is 0.412. The Bertz CT molecular complexity index is 579. The quantitative estimate of drug-likeness (QED) is 0.843. The van der Waals surface area contributed by atoms with Crippen molar-refractivity contribution in [3.05, 3.63) is 36.4 Å². The smallest absolute Gasteiger partial charge is 0.163 e. The van der Waals surface area contributed by atoms with Crippen molar-refractivity contribution in [3.8, 4) is 11.4 Å². The van der Waals surface area contributed by atoms with E-state index in [1.807, 2.05) is 36.4 Å². The monoisotopic (exact) mass is 282 g/mol. The highest BCUT2D eigenvalue weighted by molar-refractivity contribution is 5.61. The molecule has 1 aromatic heterocycles. The van der Waals surface area contributed by atoms with Gasteiger partial charge in [0.05, 0.1) is 0 Å². The van der Waals surface area contributed by atoms with Gasteiger partial charge in [0, 0.05) is 24.2 Å². The fourth-order valence-corrected chi connectivity index (χ4v) is 2.34. The minimum Gasteiger partial charge on any atom is -0.370 e. The average Bonchev–Trinajstić information content (AvgIpc) is 2.50. The summed E-state index contributed by atoms with van der Waals surface area (Å²) in [5.41, 5.74) is 1.05. The number of hydrogen-bond donors (Lipinski definition) is 2. The third kappa shape index (κ3) is 3.51. The van der Waals surface area contributed by atoms with Crippen molar-refractivity contribution in [2.45, 2.75) is 38.6 Å². The van der Waals surface area contributed by atoms with Gasteiger partial charge < -0.3 is 10.6 Å². The molecule has 0 bridgehead atoms. The summed E-state index contributed by atoms with van der Waals surface area (Å²) >= 11 is 0. The first-order chi connectivity index (χ1) is 10.3. The zero-order chi connectivity index (χ0) is 14.5. The topological polar surface area (TPSA) is 49.8 Å². The van der Waals surface area contributed by atoms with Gasteiger partial charge in [-0.25, -0.2) is 9.97 Å². The predicted molar refractivity (Wildman–Crippen MR) is 87.5 cm³/mol. The molecule has 0 atom stereocenters. The number of anilines is 2. The molecule has 1 heterocycles. The summed E-state index contributed by atoms with van der Waals surface area (Å²) in [4.78, 5) is 9.30. The highest BCUT2D eigenvalue weighted by Gasteiger charge is 2.18. The molecule has 21 heavy (non-hydrogen) atoms. The second kappa shape index (κ2) is 6.57. The molecule has 0 amide bonds. The van der Waals surface area contributed by atoms with Crippen LogP contribution in [0.5, 0.6) is 0 Å². The third-order valence-corrected chi connectivity index (χ3v) is 3.77. The van der Waals surface area contributed by atoms with E-state index in [-0.39, 0.29) is 0 Å². The van der Waals surface area contributed by atoms with Crippen LogP contribution in [0.15, 0.2) is 36.4 Å². The van der Waals surface area contributed by atoms with E-state index in [9.17, 15) is 0 Å². The molecule has 0 saturated heterocycles. The van der Waals surface area contributed by atoms with Gasteiger partial charge in [-0.05, 0) is 25.7 Å². The van der Waals surface area contributed by atoms with Gasteiger partial charge >= 0.3 is 0 Å². The van der Waals surface area contributed by atoms with Crippen LogP contribution < -0.4 is 10.6 Å². The van der Waals surface area contributed by atoms with Crippen LogP contribution in [0, 0.1) is 0 Å². The van der Waals surface area contributed by atoms with Crippen molar-refractivity contribution in [1.82, 2.24) is 9.97 Å². The van der Waals surface area contributed by atoms with Gasteiger partial charge in [-0.2, -0.15) is 0 Å². The minimum atomic E-state index is 0.572. The number of rotatable bonds is 6. The van der Waals surface area contributed by atoms with Crippen LogP contribution in [0.25, 0.3) is 11.4 Å². The number of nitrogens with zero attached hydrogens (tertiary/aromatic N) is 2. The summed E-state index contributed by atoms with van der Waals surface area (Å²) in [6.07, 6.45) is 4.87. The zero-order valence-corrected chi connectivity index (χ0v) is 12.5. The molecule has 4 heteroatoms. The highest BCUT2D eigenvalue weighted by Crippen LogP contribution is 2.25. The fourth-order valence-electron chi connectivity index (χ4n) is 2.34. The zero-order valence-electron chi connectivity index (χ0n) is 12.5. The van der Waals surface area contributed by atoms with Crippen LogP contribution in [0.1, 0.15) is 32.6 Å². The van der Waals surface area contributed by atoms with Crippen LogP contribution in [0.3, 0.4) is 0 Å². The largest absolute Gasteiger partial charge is 0.370 e. The maximum absolute atomic E-state index is 4.67. The molecule has 3 rings (SSSR count). The van der Waals surface area contributed by atoms with E-state index in [0.29, 0.717) is 6.04 Å². The summed E-state index contributed by atoms with van der Waals surface area (Å²) in [5, 5.41) is 6.88. The molecule has 0 unspecified atom stereocenters. The maximum Gasteiger partial charge on any atom is 0.163 e. The van der Waals surface area contributed by atoms with Gasteiger partial charge in [0.25, 0.3) is 0 Å². The van der Waals surface area contributed by atoms with E-state index >= 15 is 0 Å². The number of hydrogen-bond acceptors (Lipinski definition) is 4. The Morgan fingerprint density at radius 3 is 2.52 bits per heavy atom. The average molecular weight is 282 g/mol. The van der Waals surface area contributed by atoms with Crippen LogP contribution in [0.4, 0.5) is 11.6 Å². The van der Waals surface area contributed by atoms with Crippen LogP contribution in [0.2, 0.25) is 0 Å². The summed E-state index contributed by atoms with van der Waals surface area (Å²) in [6, 6.07) is 12.7. The SMILES string of the molecule is CCCNc1cc(NC2CCC2)nc(-c2ccccc2)n1. The molecule has 1 aliphatic rings. The van der Waals surface area contributed by atoms with Crippen molar-refractivity contribution in [1.29, 1.82) is 0 Å². The molecule has 0 aliphatic heterocycles. The van der Waals surface area contributed by atoms with E-state index in [1.54, 1.807) is 0 Å². The van der Waals surface area contributed by atoms with E-state index in [2.05, 4.69) is 27.5 Å². The second-order valence-electron chi connectivity index (χ2n) is 5.53. The van der Waals surface area contributed by atoms with E-state index in [4.69, 9.17) is 0 Å². The Morgan fingerprint density at radius 2 is 1.86 bits per heavy atom. The van der Waals surface area contributed by atoms with Crippen molar-refractivity contribution < 1.29 is 0 Å². The van der Waals surface area contributed by atoms with Crippen molar-refractivity contribution >= 4 is 11.6 Å². The standard InChI is InChI=1S/C17H22N4/c1-2-11-18-15-12-16(19-14-9-6-10-14)21-17(20-15)13-7-4-3-5-8-13/h3-5,7-8,12,14H,2,6,9-11H2,1H3,(H2,18,19,20,21). The molecule has 4 nitrogen and oxygen atoms in total. The lowest BCUT2D eigenvalue weighted by molar-refractivity contribution is 0.444. The number of aromatic nitrogens is 2. The Labute approximate surface area is 126 Å². The normalized spacial score (nSPS) is 14.5. The molecule has 2 N–H and O–H groups in total. The second-order valence-corrected chi connectivity index (χ2v) is 5.53. The van der Waals surface area contributed by atoms with Crippen LogP contribution in [-0.2, 0) is 0 Å². The Kier molecular flexibility index (Phi) is 4.34. The highest BCUT2D eigenvalue weighted by atomic mass is 15.1. The molecular formula is C17H22N4. The van der Waals surface area contributed by atoms with Crippen molar-refractivity contribution in [3.63, 3.8) is 0 Å². The first-order valence-corrected chi connectivity index (χ1v) is 7.80. The molecule has 1 fully saturated rings. The van der Waals surface area contributed by atoms with Gasteiger partial charge in [0.15, 0.2) is 5.82 Å². The lowest BCUT2D eigenvalue weighted by Gasteiger charge is -2.27.